The van der Waals surface area contributed by atoms with Crippen LogP contribution >= 0.6 is 0 Å². The Labute approximate surface area is 490 Å². The highest BCUT2D eigenvalue weighted by Gasteiger charge is 2.40. The lowest BCUT2D eigenvalue weighted by molar-refractivity contribution is -0.137. The Morgan fingerprint density at radius 2 is 0.651 bits per heavy atom. The molecule has 0 fully saturated rings. The lowest BCUT2D eigenvalue weighted by Crippen LogP contribution is -2.16. The molecule has 0 saturated carbocycles. The Hall–Kier alpha value is -12.2. The summed E-state index contributed by atoms with van der Waals surface area (Å²) in [5, 5.41) is 22.4. The summed E-state index contributed by atoms with van der Waals surface area (Å²) in [7, 11) is 0. The molecule has 0 aliphatic rings. The van der Waals surface area contributed by atoms with E-state index in [0.29, 0.717) is 88.9 Å². The summed E-state index contributed by atoms with van der Waals surface area (Å²) >= 11 is 0. The molecule has 0 bridgehead atoms. The molecular formula is C74H40F3N9. The highest BCUT2D eigenvalue weighted by atomic mass is 19.4. The maximum Gasteiger partial charge on any atom is 0.420 e. The molecule has 0 amide bonds. The minimum atomic E-state index is -5.03. The molecule has 3 aromatic heterocycles. The van der Waals surface area contributed by atoms with Gasteiger partial charge in [0.1, 0.15) is 5.56 Å². The Morgan fingerprint density at radius 1 is 0.337 bits per heavy atom. The van der Waals surface area contributed by atoms with Gasteiger partial charge in [-0.15, -0.1) is 0 Å². The van der Waals surface area contributed by atoms with Gasteiger partial charge in [-0.1, -0.05) is 146 Å². The van der Waals surface area contributed by atoms with Crippen LogP contribution in [0.3, 0.4) is 0 Å². The number of alkyl halides is 3. The van der Waals surface area contributed by atoms with E-state index < -0.39 is 11.7 Å². The van der Waals surface area contributed by atoms with Crippen LogP contribution in [0.4, 0.5) is 24.5 Å². The van der Waals surface area contributed by atoms with E-state index in [1.54, 1.807) is 69.8 Å². The average molecular weight is 1110 g/mol. The molecule has 0 spiro atoms. The van der Waals surface area contributed by atoms with E-state index >= 15 is 13.2 Å². The second-order valence-electron chi connectivity index (χ2n) is 20.7. The average Bonchev–Trinajstić information content (AvgIpc) is 1.59. The Balaban J connectivity index is 1.13. The van der Waals surface area contributed by atoms with E-state index in [9.17, 15) is 10.5 Å². The number of halogens is 3. The predicted octanol–water partition coefficient (Wildman–Crippen LogP) is 19.6. The lowest BCUT2D eigenvalue weighted by Gasteiger charge is -2.23. The number of nitriles is 2. The molecule has 0 atom stereocenters. The van der Waals surface area contributed by atoms with Gasteiger partial charge in [0, 0.05) is 38.2 Å². The SMILES string of the molecule is [C-]#[N+]c1cccc(-c2ccc3c(c2)c2cc(-c4cccc([N+]#[C-])c4)ccc2n3-c2cc(-c3nc(-c4ccccc4)nc(-c4ccccc4)n3)cc(-n3c4ccc(-c5cccc(C#N)c5)cc4c4cc(-c5cccc(C#N)c5)ccc43)c2C(F)(F)F)c1. The zero-order valence-corrected chi connectivity index (χ0v) is 45.3. The third-order valence-corrected chi connectivity index (χ3v) is 15.6. The largest absolute Gasteiger partial charge is 0.420 e. The fourth-order valence-corrected chi connectivity index (χ4v) is 11.7. The number of hydrogen-bond acceptors (Lipinski definition) is 5. The van der Waals surface area contributed by atoms with Gasteiger partial charge in [-0.05, 0) is 142 Å². The van der Waals surface area contributed by atoms with E-state index in [1.807, 2.05) is 170 Å². The van der Waals surface area contributed by atoms with Crippen molar-refractivity contribution in [2.24, 2.45) is 0 Å². The van der Waals surface area contributed by atoms with E-state index in [1.165, 1.54) is 12.1 Å². The standard InChI is InChI=1S/C74H40F3N9/c1-80-58-23-11-21-51(35-58)55-27-31-66-62(39-55)63-40-56(52-22-12-24-59(36-52)81-2)28-32-67(63)86(66)69-42-57(73-83-71(47-15-5-3-6-16-47)82-72(84-73)48-17-7-4-8-18-48)41-68(70(69)74(75,76)77)85-64-29-25-53(49-19-9-13-45(33-49)43-78)37-60(64)61-38-54(26-30-65(61)85)50-20-10-14-46(34-50)44-79/h3-42H. The van der Waals surface area contributed by atoms with Crippen LogP contribution in [0.15, 0.2) is 243 Å². The molecular weight excluding hydrogens is 1070 g/mol. The van der Waals surface area contributed by atoms with Crippen LogP contribution in [0.2, 0.25) is 0 Å². The summed E-state index contributed by atoms with van der Waals surface area (Å²) in [6, 6.07) is 77.7. The van der Waals surface area contributed by atoms with Crippen molar-refractivity contribution in [2.45, 2.75) is 6.18 Å². The van der Waals surface area contributed by atoms with Crippen LogP contribution in [0.5, 0.6) is 0 Å². The van der Waals surface area contributed by atoms with Crippen molar-refractivity contribution >= 4 is 55.0 Å². The summed E-state index contributed by atoms with van der Waals surface area (Å²) in [4.78, 5) is 22.5. The predicted molar refractivity (Wildman–Crippen MR) is 334 cm³/mol. The van der Waals surface area contributed by atoms with Crippen LogP contribution in [-0.4, -0.2) is 24.1 Å². The van der Waals surface area contributed by atoms with Crippen LogP contribution in [0.25, 0.3) is 143 Å². The van der Waals surface area contributed by atoms with Crippen LogP contribution in [0, 0.1) is 35.8 Å². The van der Waals surface area contributed by atoms with Gasteiger partial charge in [-0.3, -0.25) is 0 Å². The number of aromatic nitrogens is 5. The monoisotopic (exact) mass is 1110 g/mol. The quantitative estimate of drug-likeness (QED) is 0.134. The van der Waals surface area contributed by atoms with Crippen LogP contribution in [-0.2, 0) is 6.18 Å². The van der Waals surface area contributed by atoms with Crippen LogP contribution < -0.4 is 0 Å². The molecule has 0 aliphatic heterocycles. The molecule has 14 rings (SSSR count). The van der Waals surface area contributed by atoms with E-state index in [0.717, 1.165) is 44.5 Å². The van der Waals surface area contributed by atoms with Crippen molar-refractivity contribution in [1.82, 2.24) is 24.1 Å². The first kappa shape index (κ1) is 51.9. The molecule has 0 N–H and O–H groups in total. The van der Waals surface area contributed by atoms with Gasteiger partial charge in [0.2, 0.25) is 0 Å². The van der Waals surface area contributed by atoms with E-state index in [-0.39, 0.29) is 22.8 Å². The van der Waals surface area contributed by atoms with Crippen molar-refractivity contribution in [3.8, 4) is 102 Å². The normalized spacial score (nSPS) is 11.4. The zero-order chi connectivity index (χ0) is 58.6. The molecule has 0 aliphatic carbocycles. The Morgan fingerprint density at radius 3 is 0.988 bits per heavy atom. The van der Waals surface area contributed by atoms with Gasteiger partial charge in [-0.2, -0.15) is 23.7 Å². The highest BCUT2D eigenvalue weighted by molar-refractivity contribution is 6.14. The minimum absolute atomic E-state index is 0.124. The first-order chi connectivity index (χ1) is 42.0. The molecule has 12 heteroatoms. The maximum absolute atomic E-state index is 17.5. The van der Waals surface area contributed by atoms with E-state index in [4.69, 9.17) is 28.1 Å². The van der Waals surface area contributed by atoms with Crippen molar-refractivity contribution in [1.29, 1.82) is 10.5 Å². The Bertz CT molecular complexity index is 4740. The summed E-state index contributed by atoms with van der Waals surface area (Å²) in [5.41, 5.74) is 9.90. The highest BCUT2D eigenvalue weighted by Crippen LogP contribution is 2.48. The molecule has 9 nitrogen and oxygen atoms in total. The second-order valence-corrected chi connectivity index (χ2v) is 20.7. The van der Waals surface area contributed by atoms with Gasteiger partial charge in [0.25, 0.3) is 0 Å². The minimum Gasteiger partial charge on any atom is -0.309 e. The Kier molecular flexibility index (Phi) is 12.6. The first-order valence-corrected chi connectivity index (χ1v) is 27.3. The fourth-order valence-electron chi connectivity index (χ4n) is 11.7. The summed E-state index contributed by atoms with van der Waals surface area (Å²) in [6.45, 7) is 15.6. The number of rotatable bonds is 9. The van der Waals surface area contributed by atoms with Crippen molar-refractivity contribution in [3.05, 3.63) is 282 Å². The molecule has 86 heavy (non-hydrogen) atoms. The number of benzene rings is 11. The summed E-state index contributed by atoms with van der Waals surface area (Å²) < 4.78 is 55.7. The third-order valence-electron chi connectivity index (χ3n) is 15.6. The lowest BCUT2D eigenvalue weighted by atomic mass is 9.99. The molecule has 402 valence electrons. The van der Waals surface area contributed by atoms with Crippen molar-refractivity contribution in [3.63, 3.8) is 0 Å². The van der Waals surface area contributed by atoms with Gasteiger partial charge in [0.15, 0.2) is 28.8 Å². The van der Waals surface area contributed by atoms with Gasteiger partial charge < -0.3 is 9.13 Å². The zero-order valence-electron chi connectivity index (χ0n) is 45.3. The number of fused-ring (bicyclic) bond motifs is 6. The van der Waals surface area contributed by atoms with E-state index in [2.05, 4.69) is 21.8 Å². The van der Waals surface area contributed by atoms with Gasteiger partial charge in [0.05, 0.1) is 69.9 Å². The van der Waals surface area contributed by atoms with Crippen LogP contribution in [0.1, 0.15) is 16.7 Å². The fraction of sp³-hybridized carbons (Fsp3) is 0.0135. The smallest absolute Gasteiger partial charge is 0.309 e. The number of hydrogen-bond donors (Lipinski definition) is 0. The molecule has 3 heterocycles. The third kappa shape index (κ3) is 9.19. The van der Waals surface area contributed by atoms with Crippen molar-refractivity contribution in [2.75, 3.05) is 0 Å². The first-order valence-electron chi connectivity index (χ1n) is 27.3. The maximum atomic E-state index is 17.5. The summed E-state index contributed by atoms with van der Waals surface area (Å²) in [6.07, 6.45) is -5.03. The molecule has 14 aromatic rings. The van der Waals surface area contributed by atoms with Gasteiger partial charge >= 0.3 is 6.18 Å². The molecule has 11 aromatic carbocycles. The molecule has 0 radical (unpaired) electrons. The number of nitrogens with zero attached hydrogens (tertiary/aromatic N) is 9. The van der Waals surface area contributed by atoms with Crippen molar-refractivity contribution < 1.29 is 13.2 Å². The summed E-state index contributed by atoms with van der Waals surface area (Å²) in [5.74, 6) is 0.757. The topological polar surface area (TPSA) is 105 Å². The second kappa shape index (κ2) is 21.0. The molecule has 0 unspecified atom stereocenters. The van der Waals surface area contributed by atoms with Gasteiger partial charge in [-0.25, -0.2) is 24.6 Å². The molecule has 0 saturated heterocycles.